The summed E-state index contributed by atoms with van der Waals surface area (Å²) in [5.41, 5.74) is 1.16. The molecule has 86 valence electrons. The van der Waals surface area contributed by atoms with Gasteiger partial charge in [-0.15, -0.1) is 0 Å². The molecule has 0 radical (unpaired) electrons. The molecule has 1 aromatic carbocycles. The first-order chi connectivity index (χ1) is 8.16. The first kappa shape index (κ1) is 12.0. The standard InChI is InChI=1S/C12H8Cl2N2O/c13-10-1-2-11(14)8(3-10)4-12(17)9-5-15-7-16-6-9/h1-3,5-7H,4H2. The van der Waals surface area contributed by atoms with Gasteiger partial charge in [-0.2, -0.15) is 0 Å². The summed E-state index contributed by atoms with van der Waals surface area (Å²) in [6.45, 7) is 0. The second-order valence-electron chi connectivity index (χ2n) is 3.46. The van der Waals surface area contributed by atoms with Crippen LogP contribution >= 0.6 is 23.2 Å². The lowest BCUT2D eigenvalue weighted by molar-refractivity contribution is 0.0992. The molecule has 0 saturated heterocycles. The maximum Gasteiger partial charge on any atom is 0.170 e. The Hall–Kier alpha value is -1.45. The topological polar surface area (TPSA) is 42.9 Å². The van der Waals surface area contributed by atoms with Crippen molar-refractivity contribution in [2.45, 2.75) is 6.42 Å². The molecule has 0 amide bonds. The highest BCUT2D eigenvalue weighted by molar-refractivity contribution is 6.33. The lowest BCUT2D eigenvalue weighted by atomic mass is 10.1. The Morgan fingerprint density at radius 1 is 1.18 bits per heavy atom. The van der Waals surface area contributed by atoms with Crippen LogP contribution in [-0.2, 0) is 6.42 Å². The Kier molecular flexibility index (Phi) is 3.71. The number of ketones is 1. The predicted octanol–water partition coefficient (Wildman–Crippen LogP) is 3.21. The third kappa shape index (κ3) is 3.02. The molecular weight excluding hydrogens is 259 g/mol. The Morgan fingerprint density at radius 3 is 2.59 bits per heavy atom. The van der Waals surface area contributed by atoms with Crippen molar-refractivity contribution in [1.29, 1.82) is 0 Å². The Morgan fingerprint density at radius 2 is 1.88 bits per heavy atom. The average molecular weight is 267 g/mol. The van der Waals surface area contributed by atoms with Gasteiger partial charge in [0, 0.05) is 28.9 Å². The zero-order valence-corrected chi connectivity index (χ0v) is 10.2. The molecule has 0 aliphatic heterocycles. The van der Waals surface area contributed by atoms with E-state index in [1.165, 1.54) is 18.7 Å². The van der Waals surface area contributed by atoms with Crippen molar-refractivity contribution >= 4 is 29.0 Å². The van der Waals surface area contributed by atoms with Crippen LogP contribution in [0.2, 0.25) is 10.0 Å². The molecule has 1 heterocycles. The van der Waals surface area contributed by atoms with E-state index in [1.807, 2.05) is 0 Å². The highest BCUT2D eigenvalue weighted by atomic mass is 35.5. The van der Waals surface area contributed by atoms with Crippen LogP contribution in [0.4, 0.5) is 0 Å². The van der Waals surface area contributed by atoms with Crippen LogP contribution in [0.3, 0.4) is 0 Å². The predicted molar refractivity (Wildman–Crippen MR) is 66.5 cm³/mol. The van der Waals surface area contributed by atoms with E-state index in [-0.39, 0.29) is 12.2 Å². The van der Waals surface area contributed by atoms with E-state index in [0.717, 1.165) is 0 Å². The molecular formula is C12H8Cl2N2O. The quantitative estimate of drug-likeness (QED) is 0.802. The summed E-state index contributed by atoms with van der Waals surface area (Å²) in [6, 6.07) is 5.04. The number of carbonyl (C=O) groups is 1. The van der Waals surface area contributed by atoms with Gasteiger partial charge in [-0.05, 0) is 23.8 Å². The first-order valence-corrected chi connectivity index (χ1v) is 5.64. The largest absolute Gasteiger partial charge is 0.294 e. The van der Waals surface area contributed by atoms with Crippen LogP contribution in [0, 0.1) is 0 Å². The minimum absolute atomic E-state index is 0.0882. The van der Waals surface area contributed by atoms with Crippen molar-refractivity contribution in [2.75, 3.05) is 0 Å². The number of nitrogens with zero attached hydrogens (tertiary/aromatic N) is 2. The van der Waals surface area contributed by atoms with E-state index in [0.29, 0.717) is 21.2 Å². The highest BCUT2D eigenvalue weighted by Crippen LogP contribution is 2.21. The van der Waals surface area contributed by atoms with Gasteiger partial charge >= 0.3 is 0 Å². The van der Waals surface area contributed by atoms with Crippen molar-refractivity contribution in [1.82, 2.24) is 9.97 Å². The van der Waals surface area contributed by atoms with Gasteiger partial charge in [-0.25, -0.2) is 9.97 Å². The molecule has 3 nitrogen and oxygen atoms in total. The summed E-state index contributed by atoms with van der Waals surface area (Å²) in [5, 5.41) is 1.08. The molecule has 0 atom stereocenters. The van der Waals surface area contributed by atoms with Crippen LogP contribution in [0.5, 0.6) is 0 Å². The zero-order valence-electron chi connectivity index (χ0n) is 8.73. The summed E-state index contributed by atoms with van der Waals surface area (Å²) < 4.78 is 0. The Balaban J connectivity index is 2.22. The number of halogens is 2. The van der Waals surface area contributed by atoms with Crippen LogP contribution in [-0.4, -0.2) is 15.8 Å². The Labute approximate surface area is 108 Å². The molecule has 0 aliphatic rings. The van der Waals surface area contributed by atoms with E-state index < -0.39 is 0 Å². The molecule has 0 saturated carbocycles. The number of carbonyl (C=O) groups excluding carboxylic acids is 1. The summed E-state index contributed by atoms with van der Waals surface area (Å²) in [4.78, 5) is 19.5. The fourth-order valence-corrected chi connectivity index (χ4v) is 1.78. The van der Waals surface area contributed by atoms with E-state index >= 15 is 0 Å². The van der Waals surface area contributed by atoms with Gasteiger partial charge in [0.2, 0.25) is 0 Å². The number of benzene rings is 1. The monoisotopic (exact) mass is 266 g/mol. The zero-order chi connectivity index (χ0) is 12.3. The minimum Gasteiger partial charge on any atom is -0.294 e. The normalized spacial score (nSPS) is 10.2. The lowest BCUT2D eigenvalue weighted by Gasteiger charge is -2.04. The number of hydrogen-bond acceptors (Lipinski definition) is 3. The second-order valence-corrected chi connectivity index (χ2v) is 4.31. The molecule has 2 aromatic rings. The van der Waals surface area contributed by atoms with Crippen molar-refractivity contribution in [3.05, 3.63) is 58.1 Å². The summed E-state index contributed by atoms with van der Waals surface area (Å²) in [5.74, 6) is -0.0882. The smallest absolute Gasteiger partial charge is 0.170 e. The average Bonchev–Trinajstić information content (AvgIpc) is 2.35. The molecule has 0 spiro atoms. The number of hydrogen-bond donors (Lipinski definition) is 0. The van der Waals surface area contributed by atoms with Crippen molar-refractivity contribution in [3.8, 4) is 0 Å². The first-order valence-electron chi connectivity index (χ1n) is 4.89. The molecule has 0 bridgehead atoms. The Bertz CT molecular complexity index is 543. The van der Waals surface area contributed by atoms with Gasteiger partial charge in [0.1, 0.15) is 6.33 Å². The van der Waals surface area contributed by atoms with Crippen LogP contribution in [0.25, 0.3) is 0 Å². The molecule has 0 unspecified atom stereocenters. The van der Waals surface area contributed by atoms with Crippen molar-refractivity contribution in [2.24, 2.45) is 0 Å². The fourth-order valence-electron chi connectivity index (χ4n) is 1.40. The second kappa shape index (κ2) is 5.25. The van der Waals surface area contributed by atoms with Gasteiger partial charge < -0.3 is 0 Å². The summed E-state index contributed by atoms with van der Waals surface area (Å²) >= 11 is 11.8. The van der Waals surface area contributed by atoms with Crippen LogP contribution in [0.15, 0.2) is 36.9 Å². The third-order valence-corrected chi connectivity index (χ3v) is 2.85. The molecule has 5 heteroatoms. The summed E-state index contributed by atoms with van der Waals surface area (Å²) in [6.07, 6.45) is 4.53. The molecule has 0 fully saturated rings. The van der Waals surface area contributed by atoms with E-state index in [1.54, 1.807) is 18.2 Å². The van der Waals surface area contributed by atoms with E-state index in [4.69, 9.17) is 23.2 Å². The summed E-state index contributed by atoms with van der Waals surface area (Å²) in [7, 11) is 0. The maximum atomic E-state index is 11.9. The van der Waals surface area contributed by atoms with E-state index in [2.05, 4.69) is 9.97 Å². The molecule has 1 aromatic heterocycles. The molecule has 17 heavy (non-hydrogen) atoms. The highest BCUT2D eigenvalue weighted by Gasteiger charge is 2.10. The van der Waals surface area contributed by atoms with Gasteiger partial charge in [-0.3, -0.25) is 4.79 Å². The molecule has 0 N–H and O–H groups in total. The fraction of sp³-hybridized carbons (Fsp3) is 0.0833. The van der Waals surface area contributed by atoms with Crippen LogP contribution in [0.1, 0.15) is 15.9 Å². The third-order valence-electron chi connectivity index (χ3n) is 2.24. The van der Waals surface area contributed by atoms with Crippen molar-refractivity contribution in [3.63, 3.8) is 0 Å². The van der Waals surface area contributed by atoms with Gasteiger partial charge in [-0.1, -0.05) is 23.2 Å². The van der Waals surface area contributed by atoms with Gasteiger partial charge in [0.25, 0.3) is 0 Å². The van der Waals surface area contributed by atoms with Crippen molar-refractivity contribution < 1.29 is 4.79 Å². The SMILES string of the molecule is O=C(Cc1cc(Cl)ccc1Cl)c1cncnc1. The van der Waals surface area contributed by atoms with Gasteiger partial charge in [0.05, 0.1) is 5.56 Å². The maximum absolute atomic E-state index is 11.9. The number of aromatic nitrogens is 2. The molecule has 0 aliphatic carbocycles. The van der Waals surface area contributed by atoms with Gasteiger partial charge in [0.15, 0.2) is 5.78 Å². The minimum atomic E-state index is -0.0882. The van der Waals surface area contributed by atoms with Crippen LogP contribution < -0.4 is 0 Å². The molecule has 2 rings (SSSR count). The number of Topliss-reactive ketones (excluding diaryl/α,β-unsaturated/α-hetero) is 1. The van der Waals surface area contributed by atoms with E-state index in [9.17, 15) is 4.79 Å². The number of rotatable bonds is 3. The lowest BCUT2D eigenvalue weighted by Crippen LogP contribution is -2.05.